The number of aromatic nitrogens is 1. The van der Waals surface area contributed by atoms with Crippen LogP contribution in [0.15, 0.2) is 18.3 Å². The maximum absolute atomic E-state index is 9.33. The molecule has 0 spiro atoms. The highest BCUT2D eigenvalue weighted by Gasteiger charge is 2.34. The molecule has 1 saturated heterocycles. The monoisotopic (exact) mass is 264 g/mol. The molecule has 0 aliphatic carbocycles. The standard InChI is InChI=1S/C13H20N4O2/c1-13(2)8-17(6-9(7-18)19-13)10-4-3-5-16-11(10)12(14)15/h3-5,9,18H,6-8H2,1-2H3,(H3,14,15). The second-order valence-electron chi connectivity index (χ2n) is 5.35. The van der Waals surface area contributed by atoms with Crippen molar-refractivity contribution in [3.63, 3.8) is 0 Å². The fourth-order valence-corrected chi connectivity index (χ4v) is 2.43. The van der Waals surface area contributed by atoms with Gasteiger partial charge >= 0.3 is 0 Å². The quantitative estimate of drug-likeness (QED) is 0.540. The summed E-state index contributed by atoms with van der Waals surface area (Å²) >= 11 is 0. The highest BCUT2D eigenvalue weighted by Crippen LogP contribution is 2.27. The normalized spacial score (nSPS) is 22.3. The second-order valence-corrected chi connectivity index (χ2v) is 5.35. The number of aliphatic hydroxyl groups is 1. The van der Waals surface area contributed by atoms with Crippen molar-refractivity contribution in [2.24, 2.45) is 5.73 Å². The van der Waals surface area contributed by atoms with E-state index in [-0.39, 0.29) is 24.1 Å². The minimum absolute atomic E-state index is 0.0321. The molecule has 1 aliphatic rings. The maximum atomic E-state index is 9.33. The van der Waals surface area contributed by atoms with Gasteiger partial charge in [-0.15, -0.1) is 0 Å². The van der Waals surface area contributed by atoms with E-state index in [4.69, 9.17) is 15.9 Å². The van der Waals surface area contributed by atoms with Gasteiger partial charge in [-0.3, -0.25) is 10.4 Å². The van der Waals surface area contributed by atoms with E-state index in [0.29, 0.717) is 18.8 Å². The molecule has 1 aliphatic heterocycles. The lowest BCUT2D eigenvalue weighted by molar-refractivity contribution is -0.101. The van der Waals surface area contributed by atoms with Crippen LogP contribution in [0.3, 0.4) is 0 Å². The first kappa shape index (κ1) is 13.8. The zero-order valence-corrected chi connectivity index (χ0v) is 11.3. The number of hydrogen-bond donors (Lipinski definition) is 3. The highest BCUT2D eigenvalue weighted by molar-refractivity contribution is 5.98. The molecule has 0 aromatic carbocycles. The van der Waals surface area contributed by atoms with Crippen LogP contribution >= 0.6 is 0 Å². The number of aliphatic hydroxyl groups excluding tert-OH is 1. The van der Waals surface area contributed by atoms with Crippen molar-refractivity contribution in [1.29, 1.82) is 5.41 Å². The molecule has 0 bridgehead atoms. The fourth-order valence-electron chi connectivity index (χ4n) is 2.43. The summed E-state index contributed by atoms with van der Waals surface area (Å²) in [7, 11) is 0. The second kappa shape index (κ2) is 5.14. The zero-order valence-electron chi connectivity index (χ0n) is 11.3. The van der Waals surface area contributed by atoms with Gasteiger partial charge in [-0.2, -0.15) is 0 Å². The average Bonchev–Trinajstić information content (AvgIpc) is 2.36. The van der Waals surface area contributed by atoms with Crippen LogP contribution in [0.1, 0.15) is 19.5 Å². The Morgan fingerprint density at radius 2 is 2.42 bits per heavy atom. The molecule has 104 valence electrons. The number of nitrogen functional groups attached to an aromatic ring is 1. The van der Waals surface area contributed by atoms with E-state index < -0.39 is 0 Å². The third-order valence-corrected chi connectivity index (χ3v) is 3.07. The SMILES string of the molecule is CC1(C)CN(c2cccnc2C(=N)N)CC(CO)O1. The van der Waals surface area contributed by atoms with Crippen LogP contribution in [0.2, 0.25) is 0 Å². The van der Waals surface area contributed by atoms with E-state index in [0.717, 1.165) is 5.69 Å². The van der Waals surface area contributed by atoms with Crippen molar-refractivity contribution in [2.45, 2.75) is 25.6 Å². The average molecular weight is 264 g/mol. The lowest BCUT2D eigenvalue weighted by atomic mass is 10.0. The van der Waals surface area contributed by atoms with Crippen molar-refractivity contribution < 1.29 is 9.84 Å². The van der Waals surface area contributed by atoms with Crippen LogP contribution in [0.4, 0.5) is 5.69 Å². The van der Waals surface area contributed by atoms with E-state index in [1.807, 2.05) is 26.0 Å². The summed E-state index contributed by atoms with van der Waals surface area (Å²) in [6, 6.07) is 3.71. The summed E-state index contributed by atoms with van der Waals surface area (Å²) in [5.41, 5.74) is 6.48. The number of hydrogen-bond acceptors (Lipinski definition) is 5. The number of rotatable bonds is 3. The van der Waals surface area contributed by atoms with Crippen molar-refractivity contribution in [2.75, 3.05) is 24.6 Å². The fraction of sp³-hybridized carbons (Fsp3) is 0.538. The molecule has 0 radical (unpaired) electrons. The van der Waals surface area contributed by atoms with Gasteiger partial charge in [0, 0.05) is 19.3 Å². The van der Waals surface area contributed by atoms with Crippen molar-refractivity contribution >= 4 is 11.5 Å². The molecule has 1 fully saturated rings. The van der Waals surface area contributed by atoms with Gasteiger partial charge in [-0.25, -0.2) is 0 Å². The van der Waals surface area contributed by atoms with Gasteiger partial charge in [0.25, 0.3) is 0 Å². The molecule has 1 atom stereocenters. The predicted octanol–water partition coefficient (Wildman–Crippen LogP) is 0.342. The van der Waals surface area contributed by atoms with Crippen molar-refractivity contribution in [3.05, 3.63) is 24.0 Å². The Bertz CT molecular complexity index is 475. The van der Waals surface area contributed by atoms with Gasteiger partial charge in [-0.05, 0) is 26.0 Å². The first-order valence-electron chi connectivity index (χ1n) is 6.26. The Balaban J connectivity index is 2.33. The molecular weight excluding hydrogens is 244 g/mol. The molecule has 19 heavy (non-hydrogen) atoms. The van der Waals surface area contributed by atoms with Crippen LogP contribution in [0.25, 0.3) is 0 Å². The van der Waals surface area contributed by atoms with Gasteiger partial charge in [-0.1, -0.05) is 0 Å². The van der Waals surface area contributed by atoms with E-state index in [1.165, 1.54) is 0 Å². The number of morpholine rings is 1. The molecule has 1 aromatic rings. The Morgan fingerprint density at radius 3 is 3.05 bits per heavy atom. The number of pyridine rings is 1. The molecule has 1 aromatic heterocycles. The van der Waals surface area contributed by atoms with Gasteiger partial charge < -0.3 is 20.5 Å². The number of nitrogens with one attached hydrogen (secondary N) is 1. The van der Waals surface area contributed by atoms with Gasteiger partial charge in [0.1, 0.15) is 11.5 Å². The van der Waals surface area contributed by atoms with Crippen LogP contribution in [0.5, 0.6) is 0 Å². The third kappa shape index (κ3) is 3.02. The molecule has 6 heteroatoms. The van der Waals surface area contributed by atoms with Crippen LogP contribution in [0, 0.1) is 5.41 Å². The van der Waals surface area contributed by atoms with Crippen LogP contribution < -0.4 is 10.6 Å². The molecule has 4 N–H and O–H groups in total. The number of nitrogens with two attached hydrogens (primary N) is 1. The van der Waals surface area contributed by atoms with Gasteiger partial charge in [0.2, 0.25) is 0 Å². The molecule has 0 amide bonds. The van der Waals surface area contributed by atoms with E-state index in [2.05, 4.69) is 9.88 Å². The molecule has 2 rings (SSSR count). The lowest BCUT2D eigenvalue weighted by Gasteiger charge is -2.43. The Morgan fingerprint density at radius 1 is 1.68 bits per heavy atom. The Kier molecular flexibility index (Phi) is 3.73. The lowest BCUT2D eigenvalue weighted by Crippen LogP contribution is -2.54. The number of nitrogens with zero attached hydrogens (tertiary/aromatic N) is 2. The van der Waals surface area contributed by atoms with Gasteiger partial charge in [0.15, 0.2) is 0 Å². The van der Waals surface area contributed by atoms with E-state index in [1.54, 1.807) is 6.20 Å². The summed E-state index contributed by atoms with van der Waals surface area (Å²) in [5.74, 6) is -0.0551. The van der Waals surface area contributed by atoms with E-state index in [9.17, 15) is 5.11 Å². The summed E-state index contributed by atoms with van der Waals surface area (Å²) in [6.07, 6.45) is 1.37. The van der Waals surface area contributed by atoms with E-state index >= 15 is 0 Å². The largest absolute Gasteiger partial charge is 0.394 e. The molecule has 0 saturated carbocycles. The third-order valence-electron chi connectivity index (χ3n) is 3.07. The summed E-state index contributed by atoms with van der Waals surface area (Å²) in [6.45, 7) is 5.15. The predicted molar refractivity (Wildman–Crippen MR) is 73.5 cm³/mol. The first-order valence-corrected chi connectivity index (χ1v) is 6.26. The maximum Gasteiger partial charge on any atom is 0.143 e. The summed E-state index contributed by atoms with van der Waals surface area (Å²) < 4.78 is 5.78. The minimum atomic E-state index is -0.366. The van der Waals surface area contributed by atoms with Crippen LogP contribution in [-0.4, -0.2) is 47.3 Å². The molecule has 1 unspecified atom stereocenters. The number of amidine groups is 1. The molecule has 2 heterocycles. The Hall–Kier alpha value is -1.66. The van der Waals surface area contributed by atoms with Gasteiger partial charge in [0.05, 0.1) is 24.0 Å². The highest BCUT2D eigenvalue weighted by atomic mass is 16.5. The Labute approximate surface area is 112 Å². The minimum Gasteiger partial charge on any atom is -0.394 e. The topological polar surface area (TPSA) is 95.5 Å². The summed E-state index contributed by atoms with van der Waals surface area (Å²) in [4.78, 5) is 6.22. The van der Waals surface area contributed by atoms with Crippen LogP contribution in [-0.2, 0) is 4.74 Å². The number of anilines is 1. The molecular formula is C13H20N4O2. The first-order chi connectivity index (χ1) is 8.93. The molecule has 6 nitrogen and oxygen atoms in total. The smallest absolute Gasteiger partial charge is 0.143 e. The van der Waals surface area contributed by atoms with Crippen molar-refractivity contribution in [1.82, 2.24) is 4.98 Å². The summed E-state index contributed by atoms with van der Waals surface area (Å²) in [5, 5.41) is 16.9. The number of ether oxygens (including phenoxy) is 1. The van der Waals surface area contributed by atoms with Crippen molar-refractivity contribution in [3.8, 4) is 0 Å². The zero-order chi connectivity index (χ0) is 14.0.